The van der Waals surface area contributed by atoms with Gasteiger partial charge in [0.15, 0.2) is 0 Å². The second-order valence-corrected chi connectivity index (χ2v) is 7.54. The summed E-state index contributed by atoms with van der Waals surface area (Å²) in [6.45, 7) is 4.82. The number of carbonyl (C=O) groups is 2. The number of benzene rings is 1. The summed E-state index contributed by atoms with van der Waals surface area (Å²) in [7, 11) is 1.89. The lowest BCUT2D eigenvalue weighted by Crippen LogP contribution is -2.49. The zero-order valence-electron chi connectivity index (χ0n) is 16.3. The molecule has 0 unspecified atom stereocenters. The number of rotatable bonds is 4. The Morgan fingerprint density at radius 1 is 0.929 bits per heavy atom. The van der Waals surface area contributed by atoms with Crippen LogP contribution in [0.1, 0.15) is 33.7 Å². The first-order valence-corrected chi connectivity index (χ1v) is 9.89. The minimum Gasteiger partial charge on any atom is -0.371 e. The molecule has 28 heavy (non-hydrogen) atoms. The number of carbonyl (C=O) groups excluding carboxylic acids is 2. The molecule has 2 saturated heterocycles. The molecule has 0 atom stereocenters. The van der Waals surface area contributed by atoms with Gasteiger partial charge in [-0.25, -0.2) is 0 Å². The minimum absolute atomic E-state index is 0.0778. The summed E-state index contributed by atoms with van der Waals surface area (Å²) in [4.78, 5) is 31.0. The summed E-state index contributed by atoms with van der Waals surface area (Å²) >= 11 is 0. The normalized spacial score (nSPS) is 17.2. The molecule has 1 aromatic carbocycles. The van der Waals surface area contributed by atoms with E-state index in [2.05, 4.69) is 15.9 Å². The van der Waals surface area contributed by atoms with Crippen molar-refractivity contribution in [2.24, 2.45) is 12.8 Å². The molecule has 0 saturated carbocycles. The van der Waals surface area contributed by atoms with E-state index in [9.17, 15) is 9.59 Å². The van der Waals surface area contributed by atoms with Crippen molar-refractivity contribution >= 4 is 23.2 Å². The van der Waals surface area contributed by atoms with Crippen molar-refractivity contribution in [3.8, 4) is 0 Å². The van der Waals surface area contributed by atoms with E-state index in [-0.39, 0.29) is 11.8 Å². The summed E-state index contributed by atoms with van der Waals surface area (Å²) in [5.74, 6) is -0.305. The number of aromatic nitrogens is 1. The van der Waals surface area contributed by atoms with E-state index in [1.54, 1.807) is 0 Å². The number of aryl methyl sites for hydroxylation is 1. The van der Waals surface area contributed by atoms with Gasteiger partial charge < -0.3 is 25.0 Å². The van der Waals surface area contributed by atoms with Crippen molar-refractivity contribution in [3.05, 3.63) is 47.8 Å². The Bertz CT molecular complexity index is 877. The van der Waals surface area contributed by atoms with Gasteiger partial charge in [0.2, 0.25) is 0 Å². The standard InChI is InChI=1S/C21H27N5O2/c1-23-8-4-5-18(23)21(28)26-13-11-24(12-14-26)16-6-7-17(20(22)27)19(15-16)25-9-2-3-10-25/h4-8,15H,2-3,9-14H2,1H3,(H2,22,27). The average Bonchev–Trinajstić information content (AvgIpc) is 3.39. The number of nitrogens with two attached hydrogens (primary N) is 1. The molecule has 1 aromatic heterocycles. The van der Waals surface area contributed by atoms with Crippen molar-refractivity contribution in [2.45, 2.75) is 12.8 Å². The largest absolute Gasteiger partial charge is 0.371 e. The van der Waals surface area contributed by atoms with Crippen molar-refractivity contribution in [1.82, 2.24) is 9.47 Å². The van der Waals surface area contributed by atoms with Crippen LogP contribution in [0.5, 0.6) is 0 Å². The number of piperazine rings is 1. The van der Waals surface area contributed by atoms with Crippen LogP contribution in [0.3, 0.4) is 0 Å². The molecular weight excluding hydrogens is 354 g/mol. The summed E-state index contributed by atoms with van der Waals surface area (Å²) in [5, 5.41) is 0. The Kier molecular flexibility index (Phi) is 4.98. The molecule has 0 aliphatic carbocycles. The molecule has 2 aliphatic heterocycles. The van der Waals surface area contributed by atoms with Crippen LogP contribution in [0.15, 0.2) is 36.5 Å². The average molecular weight is 381 g/mol. The maximum Gasteiger partial charge on any atom is 0.270 e. The summed E-state index contributed by atoms with van der Waals surface area (Å²) in [6, 6.07) is 9.64. The first-order valence-electron chi connectivity index (χ1n) is 9.89. The highest BCUT2D eigenvalue weighted by Crippen LogP contribution is 2.30. The van der Waals surface area contributed by atoms with Crippen molar-refractivity contribution in [1.29, 1.82) is 0 Å². The van der Waals surface area contributed by atoms with Crippen LogP contribution in [0.25, 0.3) is 0 Å². The number of nitrogens with zero attached hydrogens (tertiary/aromatic N) is 4. The van der Waals surface area contributed by atoms with Crippen LogP contribution in [0, 0.1) is 0 Å². The fourth-order valence-corrected chi connectivity index (χ4v) is 4.16. The fourth-order valence-electron chi connectivity index (χ4n) is 4.16. The minimum atomic E-state index is -0.383. The molecule has 0 spiro atoms. The third-order valence-corrected chi connectivity index (χ3v) is 5.79. The van der Waals surface area contributed by atoms with Gasteiger partial charge in [-0.2, -0.15) is 0 Å². The maximum atomic E-state index is 12.7. The molecule has 0 bridgehead atoms. The van der Waals surface area contributed by atoms with Gasteiger partial charge in [0, 0.05) is 58.2 Å². The van der Waals surface area contributed by atoms with Gasteiger partial charge in [-0.1, -0.05) is 0 Å². The number of anilines is 2. The molecule has 2 amide bonds. The van der Waals surface area contributed by atoms with Gasteiger partial charge in [-0.05, 0) is 43.2 Å². The van der Waals surface area contributed by atoms with Crippen LogP contribution in [-0.4, -0.2) is 60.5 Å². The van der Waals surface area contributed by atoms with Crippen LogP contribution >= 0.6 is 0 Å². The van der Waals surface area contributed by atoms with Crippen LogP contribution < -0.4 is 15.5 Å². The summed E-state index contributed by atoms with van der Waals surface area (Å²) in [5.41, 5.74) is 8.92. The third kappa shape index (κ3) is 3.44. The Hall–Kier alpha value is -2.96. The molecule has 0 radical (unpaired) electrons. The van der Waals surface area contributed by atoms with Gasteiger partial charge in [0.1, 0.15) is 5.69 Å². The lowest BCUT2D eigenvalue weighted by molar-refractivity contribution is 0.0737. The molecule has 4 rings (SSSR count). The van der Waals surface area contributed by atoms with Gasteiger partial charge in [0.25, 0.3) is 11.8 Å². The lowest BCUT2D eigenvalue weighted by Gasteiger charge is -2.36. The molecular formula is C21H27N5O2. The molecule has 2 fully saturated rings. The third-order valence-electron chi connectivity index (χ3n) is 5.79. The topological polar surface area (TPSA) is 74.8 Å². The van der Waals surface area contributed by atoms with Gasteiger partial charge >= 0.3 is 0 Å². The highest BCUT2D eigenvalue weighted by atomic mass is 16.2. The number of amides is 2. The van der Waals surface area contributed by atoms with Crippen LogP contribution in [0.2, 0.25) is 0 Å². The lowest BCUT2D eigenvalue weighted by atomic mass is 10.1. The van der Waals surface area contributed by atoms with Crippen LogP contribution in [0.4, 0.5) is 11.4 Å². The Morgan fingerprint density at radius 3 is 2.25 bits per heavy atom. The highest BCUT2D eigenvalue weighted by Gasteiger charge is 2.25. The second kappa shape index (κ2) is 7.58. The van der Waals surface area contributed by atoms with E-state index in [1.807, 2.05) is 47.0 Å². The number of primary amides is 1. The quantitative estimate of drug-likeness (QED) is 0.875. The molecule has 7 heteroatoms. The predicted octanol–water partition coefficient (Wildman–Crippen LogP) is 1.69. The summed E-state index contributed by atoms with van der Waals surface area (Å²) < 4.78 is 1.86. The highest BCUT2D eigenvalue weighted by molar-refractivity contribution is 5.99. The summed E-state index contributed by atoms with van der Waals surface area (Å²) in [6.07, 6.45) is 4.17. The van der Waals surface area contributed by atoms with Crippen molar-refractivity contribution in [2.75, 3.05) is 49.1 Å². The van der Waals surface area contributed by atoms with E-state index in [0.717, 1.165) is 56.1 Å². The van der Waals surface area contributed by atoms with E-state index in [1.165, 1.54) is 0 Å². The van der Waals surface area contributed by atoms with Gasteiger partial charge in [-0.3, -0.25) is 9.59 Å². The van der Waals surface area contributed by atoms with E-state index in [0.29, 0.717) is 18.7 Å². The first-order chi connectivity index (χ1) is 13.5. The molecule has 2 aliphatic rings. The second-order valence-electron chi connectivity index (χ2n) is 7.54. The number of hydrogen-bond acceptors (Lipinski definition) is 4. The van der Waals surface area contributed by atoms with Crippen molar-refractivity contribution < 1.29 is 9.59 Å². The van der Waals surface area contributed by atoms with Gasteiger partial charge in [0.05, 0.1) is 11.3 Å². The Morgan fingerprint density at radius 2 is 1.64 bits per heavy atom. The molecule has 2 aromatic rings. The SMILES string of the molecule is Cn1cccc1C(=O)N1CCN(c2ccc(C(N)=O)c(N3CCCC3)c2)CC1. The maximum absolute atomic E-state index is 12.7. The van der Waals surface area contributed by atoms with E-state index in [4.69, 9.17) is 5.73 Å². The molecule has 2 N–H and O–H groups in total. The Balaban J connectivity index is 1.48. The fraction of sp³-hybridized carbons (Fsp3) is 0.429. The molecule has 3 heterocycles. The van der Waals surface area contributed by atoms with Crippen molar-refractivity contribution in [3.63, 3.8) is 0 Å². The zero-order chi connectivity index (χ0) is 19.7. The number of hydrogen-bond donors (Lipinski definition) is 1. The molecule has 7 nitrogen and oxygen atoms in total. The monoisotopic (exact) mass is 381 g/mol. The van der Waals surface area contributed by atoms with Gasteiger partial charge in [-0.15, -0.1) is 0 Å². The van der Waals surface area contributed by atoms with E-state index >= 15 is 0 Å². The zero-order valence-corrected chi connectivity index (χ0v) is 16.3. The molecule has 148 valence electrons. The smallest absolute Gasteiger partial charge is 0.270 e. The first kappa shape index (κ1) is 18.4. The Labute approximate surface area is 165 Å². The van der Waals surface area contributed by atoms with Crippen LogP contribution in [-0.2, 0) is 7.05 Å². The predicted molar refractivity (Wildman–Crippen MR) is 110 cm³/mol. The van der Waals surface area contributed by atoms with E-state index < -0.39 is 0 Å².